The van der Waals surface area contributed by atoms with Crippen molar-refractivity contribution in [1.82, 2.24) is 5.32 Å². The second-order valence-electron chi connectivity index (χ2n) is 7.66. The topological polar surface area (TPSA) is 63.2 Å². The number of nitrogens with one attached hydrogen (secondary N) is 1. The maximum Gasteiger partial charge on any atom is 0.235 e. The summed E-state index contributed by atoms with van der Waals surface area (Å²) < 4.78 is 25.7. The maximum absolute atomic E-state index is 12.9. The molecule has 0 unspecified atom stereocenters. The standard InChI is InChI=1S/C19H25NO3S/c21-18(20-19(14-8-9-14)15-10-11-15)12-24(22,23)17-7-3-5-13-4-1-2-6-16(13)17/h1-2,4,6,14-15,17,19H,3,5,7-12H2,(H,20,21)/t17-/m0/s1. The van der Waals surface area contributed by atoms with Gasteiger partial charge in [0.05, 0.1) is 5.25 Å². The molecule has 2 fully saturated rings. The van der Waals surface area contributed by atoms with Crippen LogP contribution >= 0.6 is 0 Å². The number of carbonyl (C=O) groups excluding carboxylic acids is 1. The van der Waals surface area contributed by atoms with E-state index in [1.807, 2.05) is 24.3 Å². The molecule has 130 valence electrons. The summed E-state index contributed by atoms with van der Waals surface area (Å²) >= 11 is 0. The highest BCUT2D eigenvalue weighted by atomic mass is 32.2. The van der Waals surface area contributed by atoms with Crippen LogP contribution in [0.25, 0.3) is 0 Å². The minimum absolute atomic E-state index is 0.214. The predicted octanol–water partition coefficient (Wildman–Crippen LogP) is 2.78. The number of benzene rings is 1. The van der Waals surface area contributed by atoms with Crippen molar-refractivity contribution in [1.29, 1.82) is 0 Å². The summed E-state index contributed by atoms with van der Waals surface area (Å²) in [6.07, 6.45) is 7.11. The molecule has 4 nitrogen and oxygen atoms in total. The van der Waals surface area contributed by atoms with Crippen LogP contribution < -0.4 is 5.32 Å². The third kappa shape index (κ3) is 3.37. The van der Waals surface area contributed by atoms with Gasteiger partial charge in [-0.1, -0.05) is 24.3 Å². The van der Waals surface area contributed by atoms with Gasteiger partial charge in [0.1, 0.15) is 5.75 Å². The number of amides is 1. The van der Waals surface area contributed by atoms with Gasteiger partial charge in [-0.05, 0) is 67.9 Å². The lowest BCUT2D eigenvalue weighted by Gasteiger charge is -2.25. The molecule has 24 heavy (non-hydrogen) atoms. The Morgan fingerprint density at radius 3 is 2.42 bits per heavy atom. The first-order chi connectivity index (χ1) is 11.5. The third-order valence-electron chi connectivity index (χ3n) is 5.67. The van der Waals surface area contributed by atoms with E-state index >= 15 is 0 Å². The summed E-state index contributed by atoms with van der Waals surface area (Å²) in [7, 11) is -3.46. The average molecular weight is 347 g/mol. The van der Waals surface area contributed by atoms with Crippen molar-refractivity contribution in [3.63, 3.8) is 0 Å². The fourth-order valence-corrected chi connectivity index (χ4v) is 5.92. The summed E-state index contributed by atoms with van der Waals surface area (Å²) in [6, 6.07) is 7.98. The lowest BCUT2D eigenvalue weighted by Crippen LogP contribution is -2.42. The van der Waals surface area contributed by atoms with E-state index in [0.717, 1.165) is 24.0 Å². The molecule has 1 atom stereocenters. The van der Waals surface area contributed by atoms with Gasteiger partial charge in [-0.2, -0.15) is 0 Å². The van der Waals surface area contributed by atoms with Crippen LogP contribution in [-0.4, -0.2) is 26.1 Å². The van der Waals surface area contributed by atoms with Gasteiger partial charge in [-0.3, -0.25) is 4.79 Å². The molecule has 5 heteroatoms. The smallest absolute Gasteiger partial charge is 0.235 e. The molecule has 1 N–H and O–H groups in total. The zero-order valence-electron chi connectivity index (χ0n) is 13.9. The van der Waals surface area contributed by atoms with Crippen LogP contribution in [0.2, 0.25) is 0 Å². The van der Waals surface area contributed by atoms with E-state index in [-0.39, 0.29) is 17.7 Å². The molecule has 0 aliphatic heterocycles. The van der Waals surface area contributed by atoms with Crippen LogP contribution in [-0.2, 0) is 21.1 Å². The molecule has 2 saturated carbocycles. The van der Waals surface area contributed by atoms with Gasteiger partial charge in [0.15, 0.2) is 9.84 Å². The van der Waals surface area contributed by atoms with Crippen molar-refractivity contribution in [3.05, 3.63) is 35.4 Å². The second-order valence-corrected chi connectivity index (χ2v) is 9.84. The summed E-state index contributed by atoms with van der Waals surface area (Å²) in [4.78, 5) is 12.4. The van der Waals surface area contributed by atoms with Crippen LogP contribution in [0.3, 0.4) is 0 Å². The van der Waals surface area contributed by atoms with Crippen LogP contribution in [0.4, 0.5) is 0 Å². The largest absolute Gasteiger partial charge is 0.352 e. The molecule has 0 spiro atoms. The molecule has 1 amide bonds. The highest BCUT2D eigenvalue weighted by Crippen LogP contribution is 2.44. The molecular weight excluding hydrogens is 322 g/mol. The second kappa shape index (κ2) is 6.17. The Morgan fingerprint density at radius 2 is 1.75 bits per heavy atom. The molecule has 0 saturated heterocycles. The molecule has 3 aliphatic carbocycles. The van der Waals surface area contributed by atoms with Crippen molar-refractivity contribution in [2.75, 3.05) is 5.75 Å². The molecule has 0 radical (unpaired) electrons. The molecule has 0 aromatic heterocycles. The monoisotopic (exact) mass is 347 g/mol. The lowest BCUT2D eigenvalue weighted by atomic mass is 9.91. The van der Waals surface area contributed by atoms with Gasteiger partial charge >= 0.3 is 0 Å². The van der Waals surface area contributed by atoms with Crippen LogP contribution in [0, 0.1) is 11.8 Å². The van der Waals surface area contributed by atoms with Crippen LogP contribution in [0.15, 0.2) is 24.3 Å². The first kappa shape index (κ1) is 16.1. The highest BCUT2D eigenvalue weighted by molar-refractivity contribution is 7.92. The number of aryl methyl sites for hydroxylation is 1. The fourth-order valence-electron chi connectivity index (χ4n) is 4.12. The Hall–Kier alpha value is -1.36. The first-order valence-electron chi connectivity index (χ1n) is 9.13. The van der Waals surface area contributed by atoms with Crippen molar-refractivity contribution >= 4 is 15.7 Å². The number of rotatable bonds is 6. The molecule has 4 rings (SSSR count). The van der Waals surface area contributed by atoms with Crippen molar-refractivity contribution in [2.24, 2.45) is 11.8 Å². The minimum Gasteiger partial charge on any atom is -0.352 e. The summed E-state index contributed by atoms with van der Waals surface area (Å²) in [5, 5.41) is 2.52. The molecule has 1 aromatic carbocycles. The molecule has 0 heterocycles. The Kier molecular flexibility index (Phi) is 4.15. The van der Waals surface area contributed by atoms with Crippen LogP contribution in [0.5, 0.6) is 0 Å². The molecule has 0 bridgehead atoms. The van der Waals surface area contributed by atoms with E-state index in [2.05, 4.69) is 5.32 Å². The minimum atomic E-state index is -3.46. The normalized spacial score (nSPS) is 23.8. The highest BCUT2D eigenvalue weighted by Gasteiger charge is 2.43. The quantitative estimate of drug-likeness (QED) is 0.861. The summed E-state index contributed by atoms with van der Waals surface area (Å²) in [6.45, 7) is 0. The van der Waals surface area contributed by atoms with Gasteiger partial charge < -0.3 is 5.32 Å². The van der Waals surface area contributed by atoms with E-state index in [4.69, 9.17) is 0 Å². The first-order valence-corrected chi connectivity index (χ1v) is 10.8. The maximum atomic E-state index is 12.9. The molecule has 1 aromatic rings. The molecular formula is C19H25NO3S. The van der Waals surface area contributed by atoms with Crippen LogP contribution in [0.1, 0.15) is 54.9 Å². The van der Waals surface area contributed by atoms with Crippen molar-refractivity contribution < 1.29 is 13.2 Å². The van der Waals surface area contributed by atoms with E-state index in [9.17, 15) is 13.2 Å². The zero-order chi connectivity index (χ0) is 16.7. The molecule has 3 aliphatic rings. The Labute approximate surface area is 143 Å². The number of fused-ring (bicyclic) bond motifs is 1. The lowest BCUT2D eigenvalue weighted by molar-refractivity contribution is -0.119. The number of sulfone groups is 1. The Balaban J connectivity index is 1.46. The van der Waals surface area contributed by atoms with Gasteiger partial charge in [0, 0.05) is 6.04 Å². The zero-order valence-corrected chi connectivity index (χ0v) is 14.7. The number of hydrogen-bond donors (Lipinski definition) is 1. The van der Waals surface area contributed by atoms with Gasteiger partial charge in [-0.15, -0.1) is 0 Å². The van der Waals surface area contributed by atoms with E-state index in [1.54, 1.807) is 0 Å². The van der Waals surface area contributed by atoms with Gasteiger partial charge in [-0.25, -0.2) is 8.42 Å². The van der Waals surface area contributed by atoms with E-state index in [0.29, 0.717) is 18.3 Å². The Bertz CT molecular complexity index is 723. The van der Waals surface area contributed by atoms with E-state index < -0.39 is 15.1 Å². The Morgan fingerprint density at radius 1 is 1.08 bits per heavy atom. The van der Waals surface area contributed by atoms with Crippen molar-refractivity contribution in [3.8, 4) is 0 Å². The third-order valence-corrected chi connectivity index (χ3v) is 7.69. The van der Waals surface area contributed by atoms with E-state index in [1.165, 1.54) is 25.7 Å². The van der Waals surface area contributed by atoms with Gasteiger partial charge in [0.25, 0.3) is 0 Å². The average Bonchev–Trinajstić information content (AvgIpc) is 3.45. The fraction of sp³-hybridized carbons (Fsp3) is 0.632. The number of hydrogen-bond acceptors (Lipinski definition) is 3. The predicted molar refractivity (Wildman–Crippen MR) is 93.3 cm³/mol. The SMILES string of the molecule is O=C(CS(=O)(=O)[C@H]1CCCc2ccccc21)NC(C1CC1)C1CC1. The summed E-state index contributed by atoms with van der Waals surface area (Å²) in [5.74, 6) is 0.489. The van der Waals surface area contributed by atoms with Gasteiger partial charge in [0.2, 0.25) is 5.91 Å². The summed E-state index contributed by atoms with van der Waals surface area (Å²) in [5.41, 5.74) is 2.02. The van der Waals surface area contributed by atoms with Crippen molar-refractivity contribution in [2.45, 2.75) is 56.2 Å². The number of carbonyl (C=O) groups is 1.